The van der Waals surface area contributed by atoms with Crippen LogP contribution in [0.4, 0.5) is 10.5 Å². The van der Waals surface area contributed by atoms with E-state index in [2.05, 4.69) is 15.6 Å². The largest absolute Gasteiger partial charge is 0.444 e. The molecule has 158 valence electrons. The third-order valence-corrected chi connectivity index (χ3v) is 4.84. The highest BCUT2D eigenvalue weighted by atomic mass is 16.6. The molecule has 0 radical (unpaired) electrons. The summed E-state index contributed by atoms with van der Waals surface area (Å²) in [6.07, 6.45) is 1.59. The van der Waals surface area contributed by atoms with E-state index in [-0.39, 0.29) is 5.91 Å². The number of aryl methyl sites for hydroxylation is 2. The van der Waals surface area contributed by atoms with E-state index in [9.17, 15) is 9.59 Å². The van der Waals surface area contributed by atoms with Gasteiger partial charge in [0.2, 0.25) is 5.91 Å². The first-order valence-electron chi connectivity index (χ1n) is 10.1. The van der Waals surface area contributed by atoms with Crippen molar-refractivity contribution >= 4 is 28.6 Å². The minimum absolute atomic E-state index is 0.288. The lowest BCUT2D eigenvalue weighted by Gasteiger charge is -2.24. The van der Waals surface area contributed by atoms with Crippen molar-refractivity contribution in [2.45, 2.75) is 52.7 Å². The van der Waals surface area contributed by atoms with E-state index < -0.39 is 17.7 Å². The number of anilines is 1. The summed E-state index contributed by atoms with van der Waals surface area (Å²) < 4.78 is 5.38. The fourth-order valence-electron chi connectivity index (χ4n) is 3.40. The number of amides is 2. The predicted octanol–water partition coefficient (Wildman–Crippen LogP) is 4.86. The molecule has 1 heterocycles. The Balaban J connectivity index is 1.86. The van der Waals surface area contributed by atoms with Gasteiger partial charge in [-0.1, -0.05) is 36.4 Å². The second-order valence-corrected chi connectivity index (χ2v) is 8.52. The molecule has 1 unspecified atom stereocenters. The second kappa shape index (κ2) is 8.61. The van der Waals surface area contributed by atoms with Gasteiger partial charge in [0.1, 0.15) is 11.6 Å². The smallest absolute Gasteiger partial charge is 0.408 e. The molecule has 1 atom stereocenters. The van der Waals surface area contributed by atoms with Gasteiger partial charge in [-0.3, -0.25) is 4.79 Å². The van der Waals surface area contributed by atoms with Gasteiger partial charge >= 0.3 is 6.09 Å². The normalized spacial score (nSPS) is 12.4. The molecule has 6 heteroatoms. The molecular weight excluding hydrogens is 378 g/mol. The summed E-state index contributed by atoms with van der Waals surface area (Å²) in [5.74, 6) is -0.288. The van der Waals surface area contributed by atoms with Gasteiger partial charge in [0.05, 0.1) is 0 Å². The van der Waals surface area contributed by atoms with Crippen LogP contribution in [0.3, 0.4) is 0 Å². The van der Waals surface area contributed by atoms with Crippen LogP contribution in [0.15, 0.2) is 48.7 Å². The Hall–Kier alpha value is -3.28. The molecule has 30 heavy (non-hydrogen) atoms. The van der Waals surface area contributed by atoms with Gasteiger partial charge in [-0.05, 0) is 57.4 Å². The minimum atomic E-state index is -0.793. The van der Waals surface area contributed by atoms with Crippen molar-refractivity contribution in [3.63, 3.8) is 0 Å². The van der Waals surface area contributed by atoms with Gasteiger partial charge in [0, 0.05) is 29.2 Å². The minimum Gasteiger partial charge on any atom is -0.444 e. The molecule has 6 nitrogen and oxygen atoms in total. The fraction of sp³-hybridized carbons (Fsp3) is 0.333. The Morgan fingerprint density at radius 3 is 2.37 bits per heavy atom. The van der Waals surface area contributed by atoms with Crippen molar-refractivity contribution in [3.8, 4) is 0 Å². The second-order valence-electron chi connectivity index (χ2n) is 8.52. The van der Waals surface area contributed by atoms with E-state index in [1.54, 1.807) is 20.8 Å². The monoisotopic (exact) mass is 407 g/mol. The van der Waals surface area contributed by atoms with Crippen LogP contribution in [0.1, 0.15) is 37.5 Å². The molecule has 1 aromatic heterocycles. The summed E-state index contributed by atoms with van der Waals surface area (Å²) in [6.45, 7) is 9.26. The Kier molecular flexibility index (Phi) is 6.15. The number of H-pyrrole nitrogens is 1. The number of hydrogen-bond acceptors (Lipinski definition) is 3. The zero-order valence-corrected chi connectivity index (χ0v) is 18.1. The van der Waals surface area contributed by atoms with Crippen molar-refractivity contribution in [1.29, 1.82) is 0 Å². The van der Waals surface area contributed by atoms with Gasteiger partial charge in [0.25, 0.3) is 0 Å². The Morgan fingerprint density at radius 2 is 1.70 bits per heavy atom. The van der Waals surface area contributed by atoms with Crippen LogP contribution in [0.2, 0.25) is 0 Å². The SMILES string of the molecule is Cc1cccc(C)c1NC(=O)C(Cc1c[nH]c2ccccc12)NC(=O)OC(C)(C)C. The van der Waals surface area contributed by atoms with Crippen LogP contribution < -0.4 is 10.6 Å². The number of benzene rings is 2. The van der Waals surface area contributed by atoms with Gasteiger partial charge in [-0.15, -0.1) is 0 Å². The maximum atomic E-state index is 13.2. The summed E-state index contributed by atoms with van der Waals surface area (Å²) in [5.41, 5.74) is 3.97. The lowest BCUT2D eigenvalue weighted by Crippen LogP contribution is -2.47. The number of alkyl carbamates (subject to hydrolysis) is 1. The lowest BCUT2D eigenvalue weighted by molar-refractivity contribution is -0.118. The first-order chi connectivity index (χ1) is 14.1. The predicted molar refractivity (Wildman–Crippen MR) is 120 cm³/mol. The highest BCUT2D eigenvalue weighted by molar-refractivity contribution is 5.98. The van der Waals surface area contributed by atoms with Crippen LogP contribution in [0.25, 0.3) is 10.9 Å². The number of ether oxygens (including phenoxy) is 1. The summed E-state index contributed by atoms with van der Waals surface area (Å²) in [5, 5.41) is 6.76. The number of aromatic amines is 1. The molecule has 0 aliphatic heterocycles. The third kappa shape index (κ3) is 5.20. The molecule has 3 aromatic rings. The average Bonchev–Trinajstić information content (AvgIpc) is 3.06. The van der Waals surface area contributed by atoms with Crippen LogP contribution in [-0.2, 0) is 16.0 Å². The van der Waals surface area contributed by atoms with Gasteiger partial charge in [0.15, 0.2) is 0 Å². The molecule has 3 rings (SSSR count). The quantitative estimate of drug-likeness (QED) is 0.565. The molecule has 3 N–H and O–H groups in total. The van der Waals surface area contributed by atoms with E-state index in [1.165, 1.54) is 0 Å². The summed E-state index contributed by atoms with van der Waals surface area (Å²) in [6, 6.07) is 12.9. The van der Waals surface area contributed by atoms with E-state index in [4.69, 9.17) is 4.74 Å². The van der Waals surface area contributed by atoms with Crippen molar-refractivity contribution in [3.05, 3.63) is 65.4 Å². The number of hydrogen-bond donors (Lipinski definition) is 3. The maximum absolute atomic E-state index is 13.2. The summed E-state index contributed by atoms with van der Waals surface area (Å²) in [7, 11) is 0. The fourth-order valence-corrected chi connectivity index (χ4v) is 3.40. The van der Waals surface area contributed by atoms with E-state index >= 15 is 0 Å². The highest BCUT2D eigenvalue weighted by Gasteiger charge is 2.26. The Bertz CT molecular complexity index is 1040. The van der Waals surface area contributed by atoms with Crippen molar-refractivity contribution in [2.75, 3.05) is 5.32 Å². The first-order valence-corrected chi connectivity index (χ1v) is 10.1. The highest BCUT2D eigenvalue weighted by Crippen LogP contribution is 2.22. The van der Waals surface area contributed by atoms with Crippen molar-refractivity contribution in [2.24, 2.45) is 0 Å². The van der Waals surface area contributed by atoms with E-state index in [0.717, 1.165) is 33.3 Å². The average molecular weight is 408 g/mol. The summed E-state index contributed by atoms with van der Waals surface area (Å²) >= 11 is 0. The molecule has 0 bridgehead atoms. The molecule has 0 aliphatic carbocycles. The Labute approximate surface area is 177 Å². The number of rotatable bonds is 5. The topological polar surface area (TPSA) is 83.2 Å². The molecule has 0 spiro atoms. The third-order valence-electron chi connectivity index (χ3n) is 4.84. The van der Waals surface area contributed by atoms with Crippen LogP contribution in [0.5, 0.6) is 0 Å². The van der Waals surface area contributed by atoms with E-state index in [0.29, 0.717) is 6.42 Å². The van der Waals surface area contributed by atoms with E-state index in [1.807, 2.05) is 62.5 Å². The molecule has 0 saturated heterocycles. The zero-order chi connectivity index (χ0) is 21.9. The lowest BCUT2D eigenvalue weighted by atomic mass is 10.0. The molecule has 0 aliphatic rings. The first kappa shape index (κ1) is 21.4. The molecule has 2 amide bonds. The molecular formula is C24H29N3O3. The molecule has 0 fully saturated rings. The standard InChI is InChI=1S/C24H29N3O3/c1-15-9-8-10-16(2)21(15)27-22(28)20(26-23(29)30-24(3,4)5)13-17-14-25-19-12-7-6-11-18(17)19/h6-12,14,20,25H,13H2,1-5H3,(H,26,29)(H,27,28). The van der Waals surface area contributed by atoms with Crippen LogP contribution >= 0.6 is 0 Å². The van der Waals surface area contributed by atoms with Gasteiger partial charge < -0.3 is 20.4 Å². The number of carbonyl (C=O) groups is 2. The van der Waals surface area contributed by atoms with Gasteiger partial charge in [-0.25, -0.2) is 4.79 Å². The molecule has 0 saturated carbocycles. The van der Waals surface area contributed by atoms with Gasteiger partial charge in [-0.2, -0.15) is 0 Å². The zero-order valence-electron chi connectivity index (χ0n) is 18.1. The van der Waals surface area contributed by atoms with Crippen LogP contribution in [-0.4, -0.2) is 28.6 Å². The summed E-state index contributed by atoms with van der Waals surface area (Å²) in [4.78, 5) is 28.8. The Morgan fingerprint density at radius 1 is 1.03 bits per heavy atom. The number of nitrogens with one attached hydrogen (secondary N) is 3. The maximum Gasteiger partial charge on any atom is 0.408 e. The van der Waals surface area contributed by atoms with Crippen LogP contribution in [0, 0.1) is 13.8 Å². The van der Waals surface area contributed by atoms with Crippen molar-refractivity contribution in [1.82, 2.24) is 10.3 Å². The number of carbonyl (C=O) groups excluding carboxylic acids is 2. The number of para-hydroxylation sites is 2. The number of aromatic nitrogens is 1. The molecule has 2 aromatic carbocycles. The number of fused-ring (bicyclic) bond motifs is 1. The van der Waals surface area contributed by atoms with Crippen molar-refractivity contribution < 1.29 is 14.3 Å².